The van der Waals surface area contributed by atoms with Crippen LogP contribution >= 0.6 is 0 Å². The number of amides is 2. The maximum absolute atomic E-state index is 12.0. The zero-order chi connectivity index (χ0) is 19.2. The van der Waals surface area contributed by atoms with Gasteiger partial charge in [0.2, 0.25) is 11.8 Å². The van der Waals surface area contributed by atoms with Gasteiger partial charge < -0.3 is 15.1 Å². The molecule has 2 heterocycles. The summed E-state index contributed by atoms with van der Waals surface area (Å²) < 4.78 is 0. The van der Waals surface area contributed by atoms with Gasteiger partial charge in [-0.25, -0.2) is 0 Å². The van der Waals surface area contributed by atoms with Crippen molar-refractivity contribution in [3.8, 4) is 0 Å². The molecule has 1 aromatic carbocycles. The van der Waals surface area contributed by atoms with Crippen LogP contribution in [0.1, 0.15) is 38.7 Å². The summed E-state index contributed by atoms with van der Waals surface area (Å²) in [6.07, 6.45) is 6.26. The SMILES string of the molecule is CC1CC(C)CN(CCNC(=O)/C=C/c2ccc(N3CCCC3=O)cc2)C1. The molecule has 0 saturated carbocycles. The van der Waals surface area contributed by atoms with Crippen molar-refractivity contribution in [2.24, 2.45) is 11.8 Å². The summed E-state index contributed by atoms with van der Waals surface area (Å²) in [5.74, 6) is 1.61. The topological polar surface area (TPSA) is 52.7 Å². The molecule has 2 amide bonds. The molecule has 2 aliphatic heterocycles. The van der Waals surface area contributed by atoms with Crippen molar-refractivity contribution in [2.45, 2.75) is 33.1 Å². The third kappa shape index (κ3) is 5.67. The minimum atomic E-state index is -0.0631. The lowest BCUT2D eigenvalue weighted by Crippen LogP contribution is -2.42. The summed E-state index contributed by atoms with van der Waals surface area (Å²) in [5, 5.41) is 2.97. The highest BCUT2D eigenvalue weighted by Crippen LogP contribution is 2.22. The number of hydrogen-bond donors (Lipinski definition) is 1. The van der Waals surface area contributed by atoms with Crippen molar-refractivity contribution in [2.75, 3.05) is 37.6 Å². The standard InChI is InChI=1S/C22H31N3O2/c1-17-14-18(2)16-24(15-17)13-11-23-21(26)10-7-19-5-8-20(9-6-19)25-12-3-4-22(25)27/h5-10,17-18H,3-4,11-16H2,1-2H3,(H,23,26)/b10-7+. The van der Waals surface area contributed by atoms with Crippen LogP contribution in [0.2, 0.25) is 0 Å². The number of carbonyl (C=O) groups is 2. The molecule has 0 aromatic heterocycles. The van der Waals surface area contributed by atoms with E-state index in [2.05, 4.69) is 24.1 Å². The molecule has 0 aliphatic carbocycles. The molecule has 2 atom stereocenters. The highest BCUT2D eigenvalue weighted by Gasteiger charge is 2.22. The molecule has 1 N–H and O–H groups in total. The van der Waals surface area contributed by atoms with Gasteiger partial charge in [0.05, 0.1) is 0 Å². The predicted octanol–water partition coefficient (Wildman–Crippen LogP) is 2.92. The number of anilines is 1. The quantitative estimate of drug-likeness (QED) is 0.785. The first-order valence-electron chi connectivity index (χ1n) is 10.1. The molecule has 3 rings (SSSR count). The number of benzene rings is 1. The molecule has 2 saturated heterocycles. The van der Waals surface area contributed by atoms with E-state index in [1.54, 1.807) is 6.08 Å². The van der Waals surface area contributed by atoms with Crippen molar-refractivity contribution >= 4 is 23.6 Å². The molecule has 1 aromatic rings. The number of nitrogens with one attached hydrogen (secondary N) is 1. The first-order valence-corrected chi connectivity index (χ1v) is 10.1. The fourth-order valence-corrected chi connectivity index (χ4v) is 4.23. The minimum absolute atomic E-state index is 0.0631. The smallest absolute Gasteiger partial charge is 0.244 e. The van der Waals surface area contributed by atoms with Gasteiger partial charge in [0.15, 0.2) is 0 Å². The monoisotopic (exact) mass is 369 g/mol. The van der Waals surface area contributed by atoms with E-state index in [0.717, 1.165) is 55.7 Å². The molecular formula is C22H31N3O2. The Bertz CT molecular complexity index is 673. The van der Waals surface area contributed by atoms with E-state index in [4.69, 9.17) is 0 Å². The fourth-order valence-electron chi connectivity index (χ4n) is 4.23. The number of nitrogens with zero attached hydrogens (tertiary/aromatic N) is 2. The maximum atomic E-state index is 12.0. The minimum Gasteiger partial charge on any atom is -0.351 e. The third-order valence-corrected chi connectivity index (χ3v) is 5.38. The van der Waals surface area contributed by atoms with E-state index in [9.17, 15) is 9.59 Å². The molecule has 2 fully saturated rings. The number of hydrogen-bond acceptors (Lipinski definition) is 3. The lowest BCUT2D eigenvalue weighted by Gasteiger charge is -2.34. The van der Waals surface area contributed by atoms with E-state index in [1.807, 2.05) is 35.2 Å². The van der Waals surface area contributed by atoms with Gasteiger partial charge in [-0.15, -0.1) is 0 Å². The lowest BCUT2D eigenvalue weighted by molar-refractivity contribution is -0.117. The van der Waals surface area contributed by atoms with Gasteiger partial charge in [0.25, 0.3) is 0 Å². The van der Waals surface area contributed by atoms with Crippen LogP contribution in [-0.2, 0) is 9.59 Å². The van der Waals surface area contributed by atoms with E-state index >= 15 is 0 Å². The number of likely N-dealkylation sites (tertiary alicyclic amines) is 1. The van der Waals surface area contributed by atoms with Gasteiger partial charge in [-0.3, -0.25) is 9.59 Å². The van der Waals surface area contributed by atoms with Crippen LogP contribution in [-0.4, -0.2) is 49.4 Å². The van der Waals surface area contributed by atoms with E-state index < -0.39 is 0 Å². The molecule has 0 bridgehead atoms. The summed E-state index contributed by atoms with van der Waals surface area (Å²) >= 11 is 0. The van der Waals surface area contributed by atoms with Crippen LogP contribution in [0.15, 0.2) is 30.3 Å². The zero-order valence-electron chi connectivity index (χ0n) is 16.5. The third-order valence-electron chi connectivity index (χ3n) is 5.38. The summed E-state index contributed by atoms with van der Waals surface area (Å²) in [5.41, 5.74) is 1.89. The largest absolute Gasteiger partial charge is 0.351 e. The summed E-state index contributed by atoms with van der Waals surface area (Å²) in [4.78, 5) is 28.1. The first-order chi connectivity index (χ1) is 13.0. The second-order valence-electron chi connectivity index (χ2n) is 8.07. The average Bonchev–Trinajstić information content (AvgIpc) is 3.05. The van der Waals surface area contributed by atoms with Crippen LogP contribution in [0.25, 0.3) is 6.08 Å². The predicted molar refractivity (Wildman–Crippen MR) is 109 cm³/mol. The fraction of sp³-hybridized carbons (Fsp3) is 0.545. The van der Waals surface area contributed by atoms with Crippen LogP contribution < -0.4 is 10.2 Å². The molecule has 2 aliphatic rings. The normalized spacial score (nSPS) is 23.9. The van der Waals surface area contributed by atoms with Crippen molar-refractivity contribution in [3.05, 3.63) is 35.9 Å². The van der Waals surface area contributed by atoms with Gasteiger partial charge in [-0.05, 0) is 48.4 Å². The molecule has 0 radical (unpaired) electrons. The Morgan fingerprint density at radius 3 is 2.52 bits per heavy atom. The number of rotatable bonds is 6. The second-order valence-corrected chi connectivity index (χ2v) is 8.07. The maximum Gasteiger partial charge on any atom is 0.244 e. The van der Waals surface area contributed by atoms with E-state index in [0.29, 0.717) is 13.0 Å². The van der Waals surface area contributed by atoms with Crippen LogP contribution in [0.5, 0.6) is 0 Å². The Balaban J connectivity index is 1.42. The van der Waals surface area contributed by atoms with Crippen LogP contribution in [0, 0.1) is 11.8 Å². The average molecular weight is 370 g/mol. The Morgan fingerprint density at radius 1 is 1.19 bits per heavy atom. The summed E-state index contributed by atoms with van der Waals surface area (Å²) in [6, 6.07) is 7.78. The van der Waals surface area contributed by atoms with E-state index in [1.165, 1.54) is 6.42 Å². The highest BCUT2D eigenvalue weighted by atomic mass is 16.2. The van der Waals surface area contributed by atoms with Crippen molar-refractivity contribution in [3.63, 3.8) is 0 Å². The van der Waals surface area contributed by atoms with Gasteiger partial charge in [0, 0.05) is 50.9 Å². The Morgan fingerprint density at radius 2 is 1.89 bits per heavy atom. The van der Waals surface area contributed by atoms with E-state index in [-0.39, 0.29) is 11.8 Å². The molecular weight excluding hydrogens is 338 g/mol. The molecule has 2 unspecified atom stereocenters. The first kappa shape index (κ1) is 19.6. The Kier molecular flexibility index (Phi) is 6.67. The zero-order valence-corrected chi connectivity index (χ0v) is 16.5. The van der Waals surface area contributed by atoms with Gasteiger partial charge in [-0.2, -0.15) is 0 Å². The molecule has 5 nitrogen and oxygen atoms in total. The Hall–Kier alpha value is -2.14. The summed E-state index contributed by atoms with van der Waals surface area (Å²) in [6.45, 7) is 9.24. The van der Waals surface area contributed by atoms with Crippen molar-refractivity contribution in [1.29, 1.82) is 0 Å². The molecule has 5 heteroatoms. The lowest BCUT2D eigenvalue weighted by atomic mass is 9.92. The molecule has 146 valence electrons. The van der Waals surface area contributed by atoms with Crippen LogP contribution in [0.4, 0.5) is 5.69 Å². The molecule has 0 spiro atoms. The highest BCUT2D eigenvalue weighted by molar-refractivity contribution is 5.95. The van der Waals surface area contributed by atoms with Crippen molar-refractivity contribution in [1.82, 2.24) is 10.2 Å². The van der Waals surface area contributed by atoms with Gasteiger partial charge in [0.1, 0.15) is 0 Å². The van der Waals surface area contributed by atoms with Gasteiger partial charge >= 0.3 is 0 Å². The number of piperidine rings is 1. The second kappa shape index (κ2) is 9.18. The number of carbonyl (C=O) groups excluding carboxylic acids is 2. The molecule has 27 heavy (non-hydrogen) atoms. The van der Waals surface area contributed by atoms with Crippen LogP contribution in [0.3, 0.4) is 0 Å². The van der Waals surface area contributed by atoms with Crippen molar-refractivity contribution < 1.29 is 9.59 Å². The van der Waals surface area contributed by atoms with Gasteiger partial charge in [-0.1, -0.05) is 26.0 Å². The summed E-state index contributed by atoms with van der Waals surface area (Å²) in [7, 11) is 0. The Labute approximate surface area is 162 Å².